The van der Waals surface area contributed by atoms with Gasteiger partial charge in [-0.25, -0.2) is 0 Å². The van der Waals surface area contributed by atoms with E-state index in [4.69, 9.17) is 10.5 Å². The zero-order valence-electron chi connectivity index (χ0n) is 11.6. The maximum atomic E-state index is 9.60. The summed E-state index contributed by atoms with van der Waals surface area (Å²) in [7, 11) is 1.58. The van der Waals surface area contributed by atoms with Gasteiger partial charge < -0.3 is 15.6 Å². The maximum Gasteiger partial charge on any atom is 0.160 e. The number of likely N-dealkylation sites (tertiary alicyclic amines) is 1. The van der Waals surface area contributed by atoms with E-state index in [2.05, 4.69) is 4.90 Å². The summed E-state index contributed by atoms with van der Waals surface area (Å²) >= 11 is 0. The molecule has 0 radical (unpaired) electrons. The summed E-state index contributed by atoms with van der Waals surface area (Å²) < 4.78 is 5.15. The molecule has 0 saturated carbocycles. The number of nitrogens with two attached hydrogens (primary N) is 1. The molecule has 1 aromatic carbocycles. The minimum atomic E-state index is 0.200. The lowest BCUT2D eigenvalue weighted by Crippen LogP contribution is -2.35. The molecule has 0 aliphatic carbocycles. The van der Waals surface area contributed by atoms with Crippen LogP contribution in [0.4, 0.5) is 0 Å². The number of benzene rings is 1. The monoisotopic (exact) mass is 264 g/mol. The molecule has 1 aliphatic heterocycles. The molecule has 0 spiro atoms. The number of methoxy groups -OCH3 is 1. The Morgan fingerprint density at radius 2 is 2.32 bits per heavy atom. The van der Waals surface area contributed by atoms with Crippen LogP contribution in [0.5, 0.6) is 11.5 Å². The second-order valence-corrected chi connectivity index (χ2v) is 5.33. The second kappa shape index (κ2) is 6.78. The number of hydrogen-bond acceptors (Lipinski definition) is 4. The highest BCUT2D eigenvalue weighted by molar-refractivity contribution is 5.41. The number of phenolic OH excluding ortho intramolecular Hbond substituents is 1. The molecule has 19 heavy (non-hydrogen) atoms. The van der Waals surface area contributed by atoms with Gasteiger partial charge in [0.25, 0.3) is 0 Å². The standard InChI is InChI=1S/C15H24N2O2/c1-19-15-9-13(4-5-14(15)18)11-17-8-2-3-12(10-17)6-7-16/h4-5,9,12,18H,2-3,6-8,10-11,16H2,1H3. The summed E-state index contributed by atoms with van der Waals surface area (Å²) in [6.45, 7) is 3.97. The van der Waals surface area contributed by atoms with Crippen molar-refractivity contribution in [3.8, 4) is 11.5 Å². The third-order valence-corrected chi connectivity index (χ3v) is 3.83. The zero-order chi connectivity index (χ0) is 13.7. The van der Waals surface area contributed by atoms with Crippen molar-refractivity contribution in [3.05, 3.63) is 23.8 Å². The minimum absolute atomic E-state index is 0.200. The van der Waals surface area contributed by atoms with Gasteiger partial charge in [-0.05, 0) is 56.0 Å². The smallest absolute Gasteiger partial charge is 0.160 e. The van der Waals surface area contributed by atoms with Crippen molar-refractivity contribution < 1.29 is 9.84 Å². The molecule has 1 atom stereocenters. The van der Waals surface area contributed by atoms with E-state index >= 15 is 0 Å². The SMILES string of the molecule is COc1cc(CN2CCCC(CCN)C2)ccc1O. The number of piperidine rings is 1. The van der Waals surface area contributed by atoms with Gasteiger partial charge in [0.05, 0.1) is 7.11 Å². The van der Waals surface area contributed by atoms with Crippen LogP contribution in [0.1, 0.15) is 24.8 Å². The van der Waals surface area contributed by atoms with Crippen molar-refractivity contribution in [2.75, 3.05) is 26.7 Å². The first-order valence-corrected chi connectivity index (χ1v) is 7.01. The summed E-state index contributed by atoms with van der Waals surface area (Å²) in [5, 5.41) is 9.60. The minimum Gasteiger partial charge on any atom is -0.504 e. The first-order chi connectivity index (χ1) is 9.22. The van der Waals surface area contributed by atoms with E-state index in [1.54, 1.807) is 13.2 Å². The Balaban J connectivity index is 1.96. The van der Waals surface area contributed by atoms with E-state index in [0.717, 1.165) is 38.5 Å². The maximum absolute atomic E-state index is 9.60. The highest BCUT2D eigenvalue weighted by Gasteiger charge is 2.19. The average Bonchev–Trinajstić information content (AvgIpc) is 2.42. The molecule has 0 aromatic heterocycles. The summed E-state index contributed by atoms with van der Waals surface area (Å²) in [4.78, 5) is 2.47. The van der Waals surface area contributed by atoms with Crippen molar-refractivity contribution in [2.24, 2.45) is 11.7 Å². The predicted octanol–water partition coefficient (Wildman–Crippen LogP) is 1.96. The topological polar surface area (TPSA) is 58.7 Å². The van der Waals surface area contributed by atoms with Gasteiger partial charge in [-0.15, -0.1) is 0 Å². The first-order valence-electron chi connectivity index (χ1n) is 7.01. The van der Waals surface area contributed by atoms with Crippen molar-refractivity contribution >= 4 is 0 Å². The Hall–Kier alpha value is -1.26. The number of phenols is 1. The van der Waals surface area contributed by atoms with E-state index in [1.807, 2.05) is 12.1 Å². The van der Waals surface area contributed by atoms with Crippen LogP contribution in [0.2, 0.25) is 0 Å². The van der Waals surface area contributed by atoms with Gasteiger partial charge in [0.1, 0.15) is 0 Å². The molecule has 1 fully saturated rings. The average molecular weight is 264 g/mol. The lowest BCUT2D eigenvalue weighted by molar-refractivity contribution is 0.163. The van der Waals surface area contributed by atoms with E-state index in [9.17, 15) is 5.11 Å². The van der Waals surface area contributed by atoms with Crippen molar-refractivity contribution in [1.82, 2.24) is 4.90 Å². The first kappa shape index (κ1) is 14.2. The van der Waals surface area contributed by atoms with Gasteiger partial charge in [-0.2, -0.15) is 0 Å². The fourth-order valence-electron chi connectivity index (χ4n) is 2.84. The van der Waals surface area contributed by atoms with Crippen LogP contribution in [-0.2, 0) is 6.54 Å². The van der Waals surface area contributed by atoms with Gasteiger partial charge in [0, 0.05) is 13.1 Å². The molecule has 106 valence electrons. The van der Waals surface area contributed by atoms with Crippen LogP contribution >= 0.6 is 0 Å². The van der Waals surface area contributed by atoms with E-state index in [-0.39, 0.29) is 5.75 Å². The Labute approximate surface area is 115 Å². The van der Waals surface area contributed by atoms with Crippen LogP contribution < -0.4 is 10.5 Å². The van der Waals surface area contributed by atoms with Gasteiger partial charge in [-0.1, -0.05) is 6.07 Å². The molecular weight excluding hydrogens is 240 g/mol. The molecule has 2 rings (SSSR count). The lowest BCUT2D eigenvalue weighted by atomic mass is 9.94. The molecular formula is C15H24N2O2. The largest absolute Gasteiger partial charge is 0.504 e. The third kappa shape index (κ3) is 3.85. The molecule has 4 nitrogen and oxygen atoms in total. The predicted molar refractivity (Wildman–Crippen MR) is 76.3 cm³/mol. The molecule has 1 heterocycles. The van der Waals surface area contributed by atoms with E-state index in [0.29, 0.717) is 5.75 Å². The Bertz CT molecular complexity index is 407. The Morgan fingerprint density at radius 1 is 1.47 bits per heavy atom. The molecule has 1 saturated heterocycles. The van der Waals surface area contributed by atoms with Crippen molar-refractivity contribution in [2.45, 2.75) is 25.8 Å². The van der Waals surface area contributed by atoms with Crippen molar-refractivity contribution in [3.63, 3.8) is 0 Å². The van der Waals surface area contributed by atoms with Gasteiger partial charge >= 0.3 is 0 Å². The van der Waals surface area contributed by atoms with Gasteiger partial charge in [0.2, 0.25) is 0 Å². The van der Waals surface area contributed by atoms with Crippen LogP contribution in [-0.4, -0.2) is 36.8 Å². The van der Waals surface area contributed by atoms with Crippen LogP contribution in [0, 0.1) is 5.92 Å². The summed E-state index contributed by atoms with van der Waals surface area (Å²) in [5.74, 6) is 1.48. The molecule has 3 N–H and O–H groups in total. The van der Waals surface area contributed by atoms with Crippen LogP contribution in [0.3, 0.4) is 0 Å². The third-order valence-electron chi connectivity index (χ3n) is 3.83. The van der Waals surface area contributed by atoms with Crippen LogP contribution in [0.15, 0.2) is 18.2 Å². The van der Waals surface area contributed by atoms with Gasteiger partial charge in [-0.3, -0.25) is 4.90 Å². The summed E-state index contributed by atoms with van der Waals surface area (Å²) in [6.07, 6.45) is 3.67. The van der Waals surface area contributed by atoms with E-state index in [1.165, 1.54) is 18.4 Å². The lowest BCUT2D eigenvalue weighted by Gasteiger charge is -2.32. The van der Waals surface area contributed by atoms with Crippen molar-refractivity contribution in [1.29, 1.82) is 0 Å². The fraction of sp³-hybridized carbons (Fsp3) is 0.600. The number of hydrogen-bond donors (Lipinski definition) is 2. The molecule has 0 bridgehead atoms. The molecule has 1 unspecified atom stereocenters. The fourth-order valence-corrected chi connectivity index (χ4v) is 2.84. The van der Waals surface area contributed by atoms with Crippen LogP contribution in [0.25, 0.3) is 0 Å². The molecule has 1 aromatic rings. The second-order valence-electron chi connectivity index (χ2n) is 5.33. The van der Waals surface area contributed by atoms with Gasteiger partial charge in [0.15, 0.2) is 11.5 Å². The normalized spacial score (nSPS) is 20.4. The quantitative estimate of drug-likeness (QED) is 0.853. The summed E-state index contributed by atoms with van der Waals surface area (Å²) in [6, 6.07) is 5.59. The number of ether oxygens (including phenoxy) is 1. The molecule has 0 amide bonds. The van der Waals surface area contributed by atoms with E-state index < -0.39 is 0 Å². The highest BCUT2D eigenvalue weighted by Crippen LogP contribution is 2.28. The Kier molecular flexibility index (Phi) is 5.05. The number of rotatable bonds is 5. The highest BCUT2D eigenvalue weighted by atomic mass is 16.5. The molecule has 4 heteroatoms. The zero-order valence-corrected chi connectivity index (χ0v) is 11.6. The molecule has 1 aliphatic rings. The number of aromatic hydroxyl groups is 1. The Morgan fingerprint density at radius 3 is 3.05 bits per heavy atom. The number of nitrogens with zero attached hydrogens (tertiary/aromatic N) is 1. The summed E-state index contributed by atoms with van der Waals surface area (Å²) in [5.41, 5.74) is 6.83.